The van der Waals surface area contributed by atoms with Crippen molar-refractivity contribution < 1.29 is 9.53 Å². The van der Waals surface area contributed by atoms with Crippen LogP contribution in [0.5, 0.6) is 0 Å². The van der Waals surface area contributed by atoms with E-state index in [1.54, 1.807) is 0 Å². The molecule has 3 heteroatoms. The molecule has 0 aliphatic carbocycles. The monoisotopic (exact) mass is 295 g/mol. The van der Waals surface area contributed by atoms with Crippen molar-refractivity contribution in [2.45, 2.75) is 44.1 Å². The van der Waals surface area contributed by atoms with Crippen LogP contribution in [0.3, 0.4) is 0 Å². The fourth-order valence-electron chi connectivity index (χ4n) is 4.22. The third kappa shape index (κ3) is 1.88. The van der Waals surface area contributed by atoms with E-state index < -0.39 is 5.60 Å². The SMILES string of the molecule is C=C(C)CC1N(Cc2ccccc2)C(=O)[C@@H]2C[C@H]3C=C[C@@]12O3. The van der Waals surface area contributed by atoms with Gasteiger partial charge in [0.2, 0.25) is 5.91 Å². The second-order valence-electron chi connectivity index (χ2n) is 6.79. The fourth-order valence-corrected chi connectivity index (χ4v) is 4.22. The molecule has 1 spiro atoms. The number of amides is 1. The number of hydrogen-bond acceptors (Lipinski definition) is 2. The van der Waals surface area contributed by atoms with Gasteiger partial charge in [-0.3, -0.25) is 4.79 Å². The summed E-state index contributed by atoms with van der Waals surface area (Å²) in [5.74, 6) is 0.220. The highest BCUT2D eigenvalue weighted by Crippen LogP contribution is 2.53. The standard InChI is InChI=1S/C19H21NO2/c1-13(2)10-17-19-9-8-15(22-19)11-16(19)18(21)20(17)12-14-6-4-3-5-7-14/h3-9,15-17H,1,10-12H2,2H3/t15-,16+,17?,19+/m1/s1. The Hall–Kier alpha value is -1.87. The molecule has 4 atom stereocenters. The first-order chi connectivity index (χ1) is 10.6. The molecule has 0 aromatic heterocycles. The van der Waals surface area contributed by atoms with Gasteiger partial charge in [-0.15, -0.1) is 6.58 Å². The van der Waals surface area contributed by atoms with Gasteiger partial charge in [0.05, 0.1) is 18.1 Å². The third-order valence-electron chi connectivity index (χ3n) is 5.16. The molecule has 0 saturated carbocycles. The zero-order chi connectivity index (χ0) is 15.3. The van der Waals surface area contributed by atoms with Crippen LogP contribution in [0.4, 0.5) is 0 Å². The second-order valence-corrected chi connectivity index (χ2v) is 6.79. The van der Waals surface area contributed by atoms with Crippen molar-refractivity contribution in [3.8, 4) is 0 Å². The molecule has 3 aliphatic rings. The van der Waals surface area contributed by atoms with Crippen LogP contribution in [0.1, 0.15) is 25.3 Å². The van der Waals surface area contributed by atoms with Crippen LogP contribution in [0, 0.1) is 5.92 Å². The smallest absolute Gasteiger partial charge is 0.229 e. The van der Waals surface area contributed by atoms with Crippen LogP contribution in [-0.4, -0.2) is 28.6 Å². The van der Waals surface area contributed by atoms with Gasteiger partial charge >= 0.3 is 0 Å². The summed E-state index contributed by atoms with van der Waals surface area (Å²) in [6.45, 7) is 6.74. The Balaban J connectivity index is 1.69. The van der Waals surface area contributed by atoms with Crippen molar-refractivity contribution in [1.82, 2.24) is 4.90 Å². The molecule has 2 saturated heterocycles. The lowest BCUT2D eigenvalue weighted by Crippen LogP contribution is -2.44. The van der Waals surface area contributed by atoms with Crippen LogP contribution < -0.4 is 0 Å². The van der Waals surface area contributed by atoms with Gasteiger partial charge in [0.25, 0.3) is 0 Å². The summed E-state index contributed by atoms with van der Waals surface area (Å²) in [4.78, 5) is 15.0. The van der Waals surface area contributed by atoms with Crippen LogP contribution in [-0.2, 0) is 16.1 Å². The topological polar surface area (TPSA) is 29.5 Å². The number of nitrogens with zero attached hydrogens (tertiary/aromatic N) is 1. The highest BCUT2D eigenvalue weighted by Gasteiger charge is 2.65. The van der Waals surface area contributed by atoms with Crippen LogP contribution in [0.2, 0.25) is 0 Å². The maximum absolute atomic E-state index is 13.0. The van der Waals surface area contributed by atoms with Gasteiger partial charge in [-0.25, -0.2) is 0 Å². The van der Waals surface area contributed by atoms with Gasteiger partial charge in [0, 0.05) is 6.54 Å². The number of benzene rings is 1. The van der Waals surface area contributed by atoms with Crippen molar-refractivity contribution in [1.29, 1.82) is 0 Å². The number of carbonyl (C=O) groups excluding carboxylic acids is 1. The molecule has 0 radical (unpaired) electrons. The molecule has 1 aromatic carbocycles. The summed E-state index contributed by atoms with van der Waals surface area (Å²) in [5.41, 5.74) is 1.84. The van der Waals surface area contributed by atoms with E-state index in [-0.39, 0.29) is 24.0 Å². The molecule has 2 fully saturated rings. The molecule has 4 rings (SSSR count). The Morgan fingerprint density at radius 1 is 1.41 bits per heavy atom. The average molecular weight is 295 g/mol. The lowest BCUT2D eigenvalue weighted by atomic mass is 9.80. The number of rotatable bonds is 4. The summed E-state index contributed by atoms with van der Waals surface area (Å²) < 4.78 is 6.22. The van der Waals surface area contributed by atoms with Crippen molar-refractivity contribution >= 4 is 5.91 Å². The van der Waals surface area contributed by atoms with E-state index in [4.69, 9.17) is 4.74 Å². The molecule has 3 aliphatic heterocycles. The van der Waals surface area contributed by atoms with Crippen molar-refractivity contribution in [3.63, 3.8) is 0 Å². The molecule has 0 N–H and O–H groups in total. The van der Waals surface area contributed by atoms with E-state index in [0.717, 1.165) is 24.0 Å². The van der Waals surface area contributed by atoms with Gasteiger partial charge < -0.3 is 9.64 Å². The third-order valence-corrected chi connectivity index (χ3v) is 5.16. The Morgan fingerprint density at radius 3 is 2.86 bits per heavy atom. The number of likely N-dealkylation sites (tertiary alicyclic amines) is 1. The predicted molar refractivity (Wildman–Crippen MR) is 85.1 cm³/mol. The van der Waals surface area contributed by atoms with E-state index in [2.05, 4.69) is 30.9 Å². The number of hydrogen-bond donors (Lipinski definition) is 0. The number of carbonyl (C=O) groups is 1. The van der Waals surface area contributed by atoms with Crippen LogP contribution >= 0.6 is 0 Å². The number of ether oxygens (including phenoxy) is 1. The van der Waals surface area contributed by atoms with Crippen LogP contribution in [0.15, 0.2) is 54.6 Å². The molecule has 3 heterocycles. The van der Waals surface area contributed by atoms with Crippen LogP contribution in [0.25, 0.3) is 0 Å². The van der Waals surface area contributed by atoms with E-state index in [1.165, 1.54) is 0 Å². The molecule has 22 heavy (non-hydrogen) atoms. The normalized spacial score (nSPS) is 35.2. The summed E-state index contributed by atoms with van der Waals surface area (Å²) in [6.07, 6.45) is 6.02. The molecule has 1 aromatic rings. The van der Waals surface area contributed by atoms with E-state index in [9.17, 15) is 4.79 Å². The first-order valence-corrected chi connectivity index (χ1v) is 7.96. The zero-order valence-electron chi connectivity index (χ0n) is 12.9. The molecular weight excluding hydrogens is 274 g/mol. The Bertz CT molecular complexity index is 651. The lowest BCUT2D eigenvalue weighted by Gasteiger charge is -2.33. The summed E-state index contributed by atoms with van der Waals surface area (Å²) in [6, 6.07) is 10.2. The van der Waals surface area contributed by atoms with Crippen molar-refractivity contribution in [3.05, 3.63) is 60.2 Å². The van der Waals surface area contributed by atoms with Gasteiger partial charge in [-0.05, 0) is 25.3 Å². The maximum atomic E-state index is 13.0. The van der Waals surface area contributed by atoms with E-state index in [1.807, 2.05) is 30.0 Å². The molecule has 1 amide bonds. The van der Waals surface area contributed by atoms with E-state index in [0.29, 0.717) is 6.54 Å². The largest absolute Gasteiger partial charge is 0.361 e. The Morgan fingerprint density at radius 2 is 2.18 bits per heavy atom. The Labute approximate surface area is 131 Å². The first-order valence-electron chi connectivity index (χ1n) is 7.96. The quantitative estimate of drug-likeness (QED) is 0.799. The number of fused-ring (bicyclic) bond motifs is 1. The molecule has 1 unspecified atom stereocenters. The van der Waals surface area contributed by atoms with E-state index >= 15 is 0 Å². The average Bonchev–Trinajstić information content (AvgIpc) is 3.14. The maximum Gasteiger partial charge on any atom is 0.229 e. The summed E-state index contributed by atoms with van der Waals surface area (Å²) >= 11 is 0. The highest BCUT2D eigenvalue weighted by molar-refractivity contribution is 5.85. The molecule has 2 bridgehead atoms. The molecule has 3 nitrogen and oxygen atoms in total. The Kier molecular flexibility index (Phi) is 3.01. The van der Waals surface area contributed by atoms with Crippen molar-refractivity contribution in [2.24, 2.45) is 5.92 Å². The second kappa shape index (κ2) is 4.82. The first kappa shape index (κ1) is 13.8. The van der Waals surface area contributed by atoms with Gasteiger partial charge in [0.15, 0.2) is 0 Å². The van der Waals surface area contributed by atoms with Crippen molar-refractivity contribution in [2.75, 3.05) is 0 Å². The highest BCUT2D eigenvalue weighted by atomic mass is 16.5. The molecular formula is C19H21NO2. The molecule has 114 valence electrons. The van der Waals surface area contributed by atoms with Gasteiger partial charge in [-0.1, -0.05) is 48.1 Å². The van der Waals surface area contributed by atoms with Gasteiger partial charge in [-0.2, -0.15) is 0 Å². The predicted octanol–water partition coefficient (Wildman–Crippen LogP) is 3.08. The minimum atomic E-state index is -0.421. The minimum Gasteiger partial charge on any atom is -0.361 e. The van der Waals surface area contributed by atoms with Gasteiger partial charge in [0.1, 0.15) is 5.60 Å². The minimum absolute atomic E-state index is 0.0180. The fraction of sp³-hybridized carbons (Fsp3) is 0.421. The lowest BCUT2D eigenvalue weighted by molar-refractivity contribution is -0.132. The summed E-state index contributed by atoms with van der Waals surface area (Å²) in [7, 11) is 0. The zero-order valence-corrected chi connectivity index (χ0v) is 12.9. The summed E-state index contributed by atoms with van der Waals surface area (Å²) in [5, 5.41) is 0.